The van der Waals surface area contributed by atoms with E-state index in [4.69, 9.17) is 0 Å². The van der Waals surface area contributed by atoms with Crippen molar-refractivity contribution in [1.29, 1.82) is 0 Å². The summed E-state index contributed by atoms with van der Waals surface area (Å²) in [5.74, 6) is 1.53. The Morgan fingerprint density at radius 3 is 2.69 bits per heavy atom. The van der Waals surface area contributed by atoms with Gasteiger partial charge < -0.3 is 20.0 Å². The second-order valence-electron chi connectivity index (χ2n) is 7.45. The second-order valence-corrected chi connectivity index (χ2v) is 8.62. The average molecular weight is 377 g/mol. The molecule has 2 aliphatic rings. The summed E-state index contributed by atoms with van der Waals surface area (Å²) in [5.41, 5.74) is 0. The van der Waals surface area contributed by atoms with Gasteiger partial charge in [-0.15, -0.1) is 11.8 Å². The summed E-state index contributed by atoms with van der Waals surface area (Å²) in [6, 6.07) is 10.5. The first-order chi connectivity index (χ1) is 12.7. The summed E-state index contributed by atoms with van der Waals surface area (Å²) in [7, 11) is 2.19. The molecule has 2 heterocycles. The summed E-state index contributed by atoms with van der Waals surface area (Å²) in [4.78, 5) is 20.7. The van der Waals surface area contributed by atoms with E-state index in [2.05, 4.69) is 46.4 Å². The summed E-state index contributed by atoms with van der Waals surface area (Å²) < 4.78 is 0. The minimum atomic E-state index is 0.113. The molecule has 3 rings (SSSR count). The molecule has 1 aromatic rings. The lowest BCUT2D eigenvalue weighted by Gasteiger charge is -2.38. The fourth-order valence-electron chi connectivity index (χ4n) is 3.75. The van der Waals surface area contributed by atoms with Gasteiger partial charge >= 0.3 is 6.03 Å². The van der Waals surface area contributed by atoms with E-state index in [0.29, 0.717) is 5.92 Å². The van der Waals surface area contributed by atoms with E-state index in [1.807, 2.05) is 11.0 Å². The number of hydrogen-bond donors (Lipinski definition) is 1. The number of carbonyl (C=O) groups excluding carboxylic acids is 1. The number of likely N-dealkylation sites (tertiary alicyclic amines) is 1. The number of amides is 2. The predicted molar refractivity (Wildman–Crippen MR) is 109 cm³/mol. The van der Waals surface area contributed by atoms with Crippen LogP contribution in [-0.4, -0.2) is 85.9 Å². The Labute approximate surface area is 162 Å². The second kappa shape index (κ2) is 10.2. The molecule has 0 aromatic heterocycles. The normalized spacial score (nSPS) is 22.3. The lowest BCUT2D eigenvalue weighted by Crippen LogP contribution is -2.50. The highest BCUT2D eigenvalue weighted by Gasteiger charge is 2.26. The fraction of sp³-hybridized carbons (Fsp3) is 0.650. The van der Waals surface area contributed by atoms with Crippen LogP contribution in [0.1, 0.15) is 12.8 Å². The first-order valence-electron chi connectivity index (χ1n) is 9.82. The smallest absolute Gasteiger partial charge is 0.317 e. The zero-order chi connectivity index (χ0) is 18.2. The topological polar surface area (TPSA) is 38.8 Å². The van der Waals surface area contributed by atoms with E-state index in [1.54, 1.807) is 11.8 Å². The first kappa shape index (κ1) is 19.5. The van der Waals surface area contributed by atoms with Crippen LogP contribution in [0, 0.1) is 5.92 Å². The Bertz CT molecular complexity index is 548. The molecule has 1 aromatic carbocycles. The van der Waals surface area contributed by atoms with Gasteiger partial charge in [0.2, 0.25) is 0 Å². The van der Waals surface area contributed by atoms with Crippen LogP contribution < -0.4 is 5.32 Å². The van der Waals surface area contributed by atoms with Crippen molar-refractivity contribution in [2.45, 2.75) is 17.7 Å². The fourth-order valence-corrected chi connectivity index (χ4v) is 4.54. The monoisotopic (exact) mass is 376 g/mol. The van der Waals surface area contributed by atoms with E-state index in [-0.39, 0.29) is 6.03 Å². The molecule has 0 aliphatic carbocycles. The number of benzene rings is 1. The maximum absolute atomic E-state index is 12.5. The number of rotatable bonds is 6. The largest absolute Gasteiger partial charge is 0.337 e. The highest BCUT2D eigenvalue weighted by Crippen LogP contribution is 2.19. The molecule has 0 spiro atoms. The molecular formula is C20H32N4OS. The number of piperazine rings is 1. The molecule has 6 heteroatoms. The maximum Gasteiger partial charge on any atom is 0.317 e. The highest BCUT2D eigenvalue weighted by atomic mass is 32.2. The molecule has 1 N–H and O–H groups in total. The van der Waals surface area contributed by atoms with Crippen LogP contribution in [0.5, 0.6) is 0 Å². The number of urea groups is 1. The van der Waals surface area contributed by atoms with Crippen LogP contribution in [-0.2, 0) is 0 Å². The van der Waals surface area contributed by atoms with E-state index in [1.165, 1.54) is 11.3 Å². The van der Waals surface area contributed by atoms with Crippen molar-refractivity contribution in [1.82, 2.24) is 20.0 Å². The number of nitrogens with one attached hydrogen (secondary N) is 1. The van der Waals surface area contributed by atoms with Crippen molar-refractivity contribution in [2.75, 3.05) is 65.2 Å². The van der Waals surface area contributed by atoms with E-state index in [9.17, 15) is 4.79 Å². The van der Waals surface area contributed by atoms with Gasteiger partial charge in [-0.05, 0) is 37.9 Å². The van der Waals surface area contributed by atoms with Crippen LogP contribution in [0.2, 0.25) is 0 Å². The third kappa shape index (κ3) is 6.18. The minimum Gasteiger partial charge on any atom is -0.337 e. The lowest BCUT2D eigenvalue weighted by atomic mass is 9.97. The van der Waals surface area contributed by atoms with Gasteiger partial charge in [0.25, 0.3) is 0 Å². The van der Waals surface area contributed by atoms with Gasteiger partial charge in [-0.1, -0.05) is 18.2 Å². The number of carbonyl (C=O) groups is 1. The van der Waals surface area contributed by atoms with Crippen molar-refractivity contribution in [3.05, 3.63) is 30.3 Å². The first-order valence-corrected chi connectivity index (χ1v) is 10.8. The molecule has 26 heavy (non-hydrogen) atoms. The molecule has 1 atom stereocenters. The Hall–Kier alpha value is -1.24. The van der Waals surface area contributed by atoms with Gasteiger partial charge in [0.1, 0.15) is 0 Å². The Morgan fingerprint density at radius 1 is 1.15 bits per heavy atom. The average Bonchev–Trinajstić information content (AvgIpc) is 2.68. The molecule has 5 nitrogen and oxygen atoms in total. The Morgan fingerprint density at radius 2 is 1.92 bits per heavy atom. The van der Waals surface area contributed by atoms with Crippen molar-refractivity contribution in [2.24, 2.45) is 5.92 Å². The Balaban J connectivity index is 1.34. The van der Waals surface area contributed by atoms with Gasteiger partial charge in [-0.3, -0.25) is 0 Å². The maximum atomic E-state index is 12.5. The van der Waals surface area contributed by atoms with E-state index in [0.717, 1.165) is 64.5 Å². The third-order valence-electron chi connectivity index (χ3n) is 5.31. The summed E-state index contributed by atoms with van der Waals surface area (Å²) in [6.07, 6.45) is 2.38. The van der Waals surface area contributed by atoms with Gasteiger partial charge in [-0.25, -0.2) is 4.79 Å². The molecule has 0 saturated carbocycles. The van der Waals surface area contributed by atoms with Gasteiger partial charge in [-0.2, -0.15) is 0 Å². The molecular weight excluding hydrogens is 344 g/mol. The van der Waals surface area contributed by atoms with Gasteiger partial charge in [0.05, 0.1) is 0 Å². The van der Waals surface area contributed by atoms with Gasteiger partial charge in [0, 0.05) is 63.0 Å². The van der Waals surface area contributed by atoms with Crippen molar-refractivity contribution in [3.8, 4) is 0 Å². The highest BCUT2D eigenvalue weighted by molar-refractivity contribution is 7.99. The molecule has 1 unspecified atom stereocenters. The van der Waals surface area contributed by atoms with E-state index < -0.39 is 0 Å². The predicted octanol–water partition coefficient (Wildman–Crippen LogP) is 2.45. The molecule has 2 saturated heterocycles. The number of likely N-dealkylation sites (N-methyl/N-ethyl adjacent to an activating group) is 1. The van der Waals surface area contributed by atoms with Crippen molar-refractivity contribution in [3.63, 3.8) is 0 Å². The number of nitrogens with zero attached hydrogens (tertiary/aromatic N) is 3. The van der Waals surface area contributed by atoms with Crippen LogP contribution in [0.4, 0.5) is 4.79 Å². The van der Waals surface area contributed by atoms with Crippen LogP contribution in [0.3, 0.4) is 0 Å². The van der Waals surface area contributed by atoms with Crippen molar-refractivity contribution < 1.29 is 4.79 Å². The molecule has 2 aliphatic heterocycles. The lowest BCUT2D eigenvalue weighted by molar-refractivity contribution is 0.106. The molecule has 144 valence electrons. The third-order valence-corrected chi connectivity index (χ3v) is 6.32. The quantitative estimate of drug-likeness (QED) is 0.611. The number of thioether (sulfide) groups is 1. The van der Waals surface area contributed by atoms with Crippen LogP contribution in [0.25, 0.3) is 0 Å². The van der Waals surface area contributed by atoms with Crippen LogP contribution >= 0.6 is 11.8 Å². The zero-order valence-corrected chi connectivity index (χ0v) is 16.7. The summed E-state index contributed by atoms with van der Waals surface area (Å²) in [5, 5.41) is 3.10. The van der Waals surface area contributed by atoms with Gasteiger partial charge in [0.15, 0.2) is 0 Å². The SMILES string of the molecule is CN1CCN(CC2CCCN(C(=O)NCCSc3ccccc3)C2)CC1. The Kier molecular flexibility index (Phi) is 7.65. The zero-order valence-electron chi connectivity index (χ0n) is 15.9. The van der Waals surface area contributed by atoms with Crippen LogP contribution in [0.15, 0.2) is 35.2 Å². The molecule has 0 bridgehead atoms. The molecule has 2 fully saturated rings. The molecule has 2 amide bonds. The van der Waals surface area contributed by atoms with Crippen molar-refractivity contribution >= 4 is 17.8 Å². The van der Waals surface area contributed by atoms with E-state index >= 15 is 0 Å². The number of piperidine rings is 1. The summed E-state index contributed by atoms with van der Waals surface area (Å²) in [6.45, 7) is 8.32. The standard InChI is InChI=1S/C20H32N4OS/c1-22-11-13-23(14-12-22)16-18-6-5-10-24(17-18)20(25)21-9-15-26-19-7-3-2-4-8-19/h2-4,7-8,18H,5-6,9-17H2,1H3,(H,21,25). The summed E-state index contributed by atoms with van der Waals surface area (Å²) >= 11 is 1.79. The number of hydrogen-bond acceptors (Lipinski definition) is 4. The molecule has 0 radical (unpaired) electrons. The minimum absolute atomic E-state index is 0.113.